The van der Waals surface area contributed by atoms with Crippen LogP contribution in [0.3, 0.4) is 0 Å². The monoisotopic (exact) mass is 348 g/mol. The standard InChI is InChI=1S/C23H24O3/c1-23(2,3)26-22(25)20(15-12-18-8-5-4-6-9-18)11-7-10-19-13-16-21(24)17-14-19/h4-17,24H,1-3H3. The van der Waals surface area contributed by atoms with Gasteiger partial charge in [0, 0.05) is 0 Å². The lowest BCUT2D eigenvalue weighted by atomic mass is 10.1. The van der Waals surface area contributed by atoms with Gasteiger partial charge in [-0.2, -0.15) is 0 Å². The van der Waals surface area contributed by atoms with Crippen LogP contribution in [0.15, 0.2) is 78.4 Å². The molecule has 2 rings (SSSR count). The Morgan fingerprint density at radius 3 is 2.15 bits per heavy atom. The quantitative estimate of drug-likeness (QED) is 0.448. The Hall–Kier alpha value is -3.07. The Kier molecular flexibility index (Phi) is 6.56. The molecule has 0 saturated heterocycles. The summed E-state index contributed by atoms with van der Waals surface area (Å²) in [5.74, 6) is -0.155. The van der Waals surface area contributed by atoms with E-state index in [2.05, 4.69) is 0 Å². The molecule has 0 radical (unpaired) electrons. The van der Waals surface area contributed by atoms with E-state index in [1.54, 1.807) is 42.5 Å². The largest absolute Gasteiger partial charge is 0.508 e. The molecule has 134 valence electrons. The van der Waals surface area contributed by atoms with Crippen LogP contribution in [0, 0.1) is 0 Å². The molecule has 0 aliphatic rings. The first kappa shape index (κ1) is 19.3. The first-order valence-electron chi connectivity index (χ1n) is 8.47. The van der Waals surface area contributed by atoms with Crippen LogP contribution in [-0.4, -0.2) is 16.7 Å². The summed E-state index contributed by atoms with van der Waals surface area (Å²) in [5.41, 5.74) is 1.83. The SMILES string of the molecule is CC(C)(C)OC(=O)C(C=Cc1ccccc1)=CC=Cc1ccc(O)cc1. The lowest BCUT2D eigenvalue weighted by Crippen LogP contribution is -2.24. The number of rotatable bonds is 5. The van der Waals surface area contributed by atoms with Crippen molar-refractivity contribution in [2.45, 2.75) is 26.4 Å². The van der Waals surface area contributed by atoms with Crippen molar-refractivity contribution in [1.29, 1.82) is 0 Å². The maximum Gasteiger partial charge on any atom is 0.338 e. The molecule has 0 heterocycles. The van der Waals surface area contributed by atoms with Crippen molar-refractivity contribution >= 4 is 18.1 Å². The van der Waals surface area contributed by atoms with Crippen molar-refractivity contribution < 1.29 is 14.6 Å². The highest BCUT2D eigenvalue weighted by Gasteiger charge is 2.18. The molecule has 0 amide bonds. The van der Waals surface area contributed by atoms with Gasteiger partial charge in [-0.15, -0.1) is 0 Å². The van der Waals surface area contributed by atoms with Crippen LogP contribution in [-0.2, 0) is 9.53 Å². The predicted octanol–water partition coefficient (Wildman–Crippen LogP) is 5.39. The Labute approximate surface area is 155 Å². The third kappa shape index (κ3) is 6.81. The first-order chi connectivity index (χ1) is 12.3. The van der Waals surface area contributed by atoms with Crippen molar-refractivity contribution in [3.63, 3.8) is 0 Å². The number of hydrogen-bond donors (Lipinski definition) is 1. The molecule has 0 bridgehead atoms. The summed E-state index contributed by atoms with van der Waals surface area (Å²) in [6.07, 6.45) is 9.01. The van der Waals surface area contributed by atoms with Crippen LogP contribution in [0.4, 0.5) is 0 Å². The molecular weight excluding hydrogens is 324 g/mol. The van der Waals surface area contributed by atoms with E-state index in [1.807, 2.05) is 63.3 Å². The molecule has 0 aliphatic heterocycles. The molecule has 2 aromatic rings. The number of ether oxygens (including phenoxy) is 1. The Morgan fingerprint density at radius 2 is 1.54 bits per heavy atom. The molecule has 0 aromatic heterocycles. The van der Waals surface area contributed by atoms with Gasteiger partial charge in [-0.1, -0.05) is 60.7 Å². The molecule has 0 aliphatic carbocycles. The van der Waals surface area contributed by atoms with E-state index in [0.717, 1.165) is 11.1 Å². The highest BCUT2D eigenvalue weighted by atomic mass is 16.6. The van der Waals surface area contributed by atoms with Crippen LogP contribution >= 0.6 is 0 Å². The maximum atomic E-state index is 12.5. The Morgan fingerprint density at radius 1 is 0.923 bits per heavy atom. The van der Waals surface area contributed by atoms with Gasteiger partial charge in [0.1, 0.15) is 11.4 Å². The van der Waals surface area contributed by atoms with Gasteiger partial charge < -0.3 is 9.84 Å². The van der Waals surface area contributed by atoms with E-state index in [0.29, 0.717) is 5.57 Å². The molecule has 0 atom stereocenters. The topological polar surface area (TPSA) is 46.5 Å². The van der Waals surface area contributed by atoms with Gasteiger partial charge in [-0.25, -0.2) is 4.79 Å². The molecular formula is C23H24O3. The second kappa shape index (κ2) is 8.86. The van der Waals surface area contributed by atoms with E-state index in [9.17, 15) is 9.90 Å². The van der Waals surface area contributed by atoms with Gasteiger partial charge >= 0.3 is 5.97 Å². The molecule has 0 unspecified atom stereocenters. The lowest BCUT2D eigenvalue weighted by molar-refractivity contribution is -0.149. The minimum Gasteiger partial charge on any atom is -0.508 e. The molecule has 3 nitrogen and oxygen atoms in total. The fourth-order valence-corrected chi connectivity index (χ4v) is 2.13. The van der Waals surface area contributed by atoms with Crippen LogP contribution in [0.2, 0.25) is 0 Å². The van der Waals surface area contributed by atoms with Gasteiger partial charge in [0.2, 0.25) is 0 Å². The number of hydrogen-bond acceptors (Lipinski definition) is 3. The third-order valence-electron chi connectivity index (χ3n) is 3.35. The number of aromatic hydroxyl groups is 1. The molecule has 0 saturated carbocycles. The summed E-state index contributed by atoms with van der Waals surface area (Å²) >= 11 is 0. The predicted molar refractivity (Wildman–Crippen MR) is 107 cm³/mol. The molecule has 26 heavy (non-hydrogen) atoms. The second-order valence-electron chi connectivity index (χ2n) is 6.82. The molecule has 3 heteroatoms. The summed E-state index contributed by atoms with van der Waals surface area (Å²) in [6, 6.07) is 16.6. The minimum absolute atomic E-state index is 0.220. The fourth-order valence-electron chi connectivity index (χ4n) is 2.13. The molecule has 0 spiro atoms. The number of phenolic OH excluding ortho intramolecular Hbond substituents is 1. The average molecular weight is 348 g/mol. The smallest absolute Gasteiger partial charge is 0.338 e. The van der Waals surface area contributed by atoms with Crippen molar-refractivity contribution in [1.82, 2.24) is 0 Å². The second-order valence-corrected chi connectivity index (χ2v) is 6.82. The zero-order valence-corrected chi connectivity index (χ0v) is 15.3. The fraction of sp³-hybridized carbons (Fsp3) is 0.174. The summed E-state index contributed by atoms with van der Waals surface area (Å²) < 4.78 is 5.48. The van der Waals surface area contributed by atoms with Gasteiger partial charge in [-0.05, 0) is 56.2 Å². The van der Waals surface area contributed by atoms with E-state index in [-0.39, 0.29) is 11.7 Å². The zero-order chi connectivity index (χ0) is 19.0. The highest BCUT2D eigenvalue weighted by Crippen LogP contribution is 2.15. The Bertz CT molecular complexity index is 805. The van der Waals surface area contributed by atoms with E-state index < -0.39 is 5.60 Å². The summed E-state index contributed by atoms with van der Waals surface area (Å²) in [7, 11) is 0. The number of carbonyl (C=O) groups is 1. The lowest BCUT2D eigenvalue weighted by Gasteiger charge is -2.19. The number of carbonyl (C=O) groups excluding carboxylic acids is 1. The van der Waals surface area contributed by atoms with Crippen molar-refractivity contribution in [2.75, 3.05) is 0 Å². The number of benzene rings is 2. The first-order valence-corrected chi connectivity index (χ1v) is 8.47. The normalized spacial score (nSPS) is 12.7. The highest BCUT2D eigenvalue weighted by molar-refractivity contribution is 5.93. The van der Waals surface area contributed by atoms with Crippen LogP contribution in [0.25, 0.3) is 12.2 Å². The summed E-state index contributed by atoms with van der Waals surface area (Å²) in [6.45, 7) is 5.53. The molecule has 0 fully saturated rings. The van der Waals surface area contributed by atoms with Crippen LogP contribution in [0.1, 0.15) is 31.9 Å². The van der Waals surface area contributed by atoms with Gasteiger partial charge in [0.25, 0.3) is 0 Å². The van der Waals surface area contributed by atoms with Gasteiger partial charge in [0.05, 0.1) is 5.57 Å². The minimum atomic E-state index is -0.558. The average Bonchev–Trinajstić information content (AvgIpc) is 2.59. The van der Waals surface area contributed by atoms with E-state index >= 15 is 0 Å². The summed E-state index contributed by atoms with van der Waals surface area (Å²) in [4.78, 5) is 12.5. The zero-order valence-electron chi connectivity index (χ0n) is 15.3. The van der Waals surface area contributed by atoms with Crippen molar-refractivity contribution in [3.8, 4) is 5.75 Å². The number of allylic oxidation sites excluding steroid dienone is 2. The third-order valence-corrected chi connectivity index (χ3v) is 3.35. The van der Waals surface area contributed by atoms with Crippen molar-refractivity contribution in [2.24, 2.45) is 0 Å². The Balaban J connectivity index is 2.22. The number of esters is 1. The molecule has 2 aromatic carbocycles. The summed E-state index contributed by atoms with van der Waals surface area (Å²) in [5, 5.41) is 9.32. The number of phenols is 1. The van der Waals surface area contributed by atoms with E-state index in [1.165, 1.54) is 0 Å². The van der Waals surface area contributed by atoms with E-state index in [4.69, 9.17) is 4.74 Å². The maximum absolute atomic E-state index is 12.5. The van der Waals surface area contributed by atoms with Crippen LogP contribution < -0.4 is 0 Å². The molecule has 1 N–H and O–H groups in total. The van der Waals surface area contributed by atoms with Gasteiger partial charge in [0.15, 0.2) is 0 Å². The van der Waals surface area contributed by atoms with Gasteiger partial charge in [-0.3, -0.25) is 0 Å². The van der Waals surface area contributed by atoms with Crippen molar-refractivity contribution in [3.05, 3.63) is 89.5 Å². The van der Waals surface area contributed by atoms with Crippen LogP contribution in [0.5, 0.6) is 5.75 Å².